The minimum absolute atomic E-state index is 0.00629. The van der Waals surface area contributed by atoms with Gasteiger partial charge >= 0.3 is 18.0 Å². The van der Waals surface area contributed by atoms with Gasteiger partial charge in [-0.1, -0.05) is 36.8 Å². The van der Waals surface area contributed by atoms with E-state index in [4.69, 9.17) is 14.3 Å². The number of nitrogens with zero attached hydrogens (tertiary/aromatic N) is 4. The molecule has 0 unspecified atom stereocenters. The normalized spacial score (nSPS) is 19.6. The van der Waals surface area contributed by atoms with Crippen LogP contribution in [0, 0.1) is 16.0 Å². The Labute approximate surface area is 323 Å². The molecule has 2 aliphatic heterocycles. The van der Waals surface area contributed by atoms with Gasteiger partial charge in [0.25, 0.3) is 5.69 Å². The smallest absolute Gasteiger partial charge is 0.344 e. The predicted octanol–water partition coefficient (Wildman–Crippen LogP) is 4.12. The number of fused-ring (bicyclic) bond motifs is 1. The van der Waals surface area contributed by atoms with Crippen LogP contribution in [0.4, 0.5) is 10.5 Å². The molecule has 3 fully saturated rings. The number of amides is 4. The number of urea groups is 1. The number of non-ortho nitro benzene ring substituents is 1. The number of carbonyl (C=O) groups excluding carboxylic acids is 4. The van der Waals surface area contributed by atoms with Crippen molar-refractivity contribution in [3.63, 3.8) is 0 Å². The number of aliphatic hydroxyl groups excluding tert-OH is 1. The Kier molecular flexibility index (Phi) is 15.8. The molecule has 2 saturated heterocycles. The number of aryl methyl sites for hydroxylation is 1. The Balaban J connectivity index is 0.000000239. The highest BCUT2D eigenvalue weighted by Gasteiger charge is 2.49. The summed E-state index contributed by atoms with van der Waals surface area (Å²) in [7, 11) is 0. The number of furan rings is 1. The molecule has 1 aliphatic carbocycles. The predicted molar refractivity (Wildman–Crippen MR) is 203 cm³/mol. The molecule has 17 nitrogen and oxygen atoms in total. The molecule has 56 heavy (non-hydrogen) atoms. The van der Waals surface area contributed by atoms with Crippen molar-refractivity contribution < 1.29 is 48.3 Å². The molecule has 17 heteroatoms. The molecular weight excluding hydrogens is 728 g/mol. The van der Waals surface area contributed by atoms with E-state index >= 15 is 0 Å². The van der Waals surface area contributed by atoms with Gasteiger partial charge in [-0.25, -0.2) is 14.6 Å². The lowest BCUT2D eigenvalue weighted by Crippen LogP contribution is -2.55. The average Bonchev–Trinajstić information content (AvgIpc) is 3.98. The molecule has 1 saturated carbocycles. The number of nitro benzene ring substituents is 1. The first-order chi connectivity index (χ1) is 26.9. The molecule has 2 aromatic carbocycles. The van der Waals surface area contributed by atoms with Gasteiger partial charge in [0.15, 0.2) is 0 Å². The Morgan fingerprint density at radius 1 is 1.09 bits per heavy atom. The minimum Gasteiger partial charge on any atom is -0.480 e. The molecule has 4 amide bonds. The van der Waals surface area contributed by atoms with Crippen molar-refractivity contribution in [2.45, 2.75) is 83.5 Å². The molecule has 6 rings (SSSR count). The van der Waals surface area contributed by atoms with Crippen LogP contribution in [0.25, 0.3) is 11.3 Å². The number of carboxylic acid groups (broad SMARTS) is 1. The van der Waals surface area contributed by atoms with E-state index in [0.29, 0.717) is 36.3 Å². The molecule has 1 aromatic heterocycles. The highest BCUT2D eigenvalue weighted by molar-refractivity contribution is 6.02. The largest absolute Gasteiger partial charge is 0.480 e. The number of hydrazone groups is 1. The van der Waals surface area contributed by atoms with Crippen molar-refractivity contribution in [3.8, 4) is 11.3 Å². The SMILES string of the molecule is CCO.CCOC(=O)[C@H](CCc1ccccc1)N[C@@H](C)C(=O)N1[C@H](C(=O)O)C[C@@H]2CCC[C@@H]21.O=C1CN(N=Cc2ccc(-c3ccc([N+](=O)[O-])cc3)o2)C(=O)N1. The van der Waals surface area contributed by atoms with Crippen molar-refractivity contribution in [2.75, 3.05) is 19.8 Å². The number of nitro groups is 1. The van der Waals surface area contributed by atoms with Crippen molar-refractivity contribution in [1.29, 1.82) is 0 Å². The number of aliphatic carboxylic acids is 1. The highest BCUT2D eigenvalue weighted by atomic mass is 16.6. The molecule has 0 spiro atoms. The molecule has 300 valence electrons. The molecule has 0 bridgehead atoms. The number of likely N-dealkylation sites (tertiary alicyclic amines) is 1. The molecule has 4 N–H and O–H groups in total. The molecule has 3 aromatic rings. The molecule has 3 aliphatic rings. The van der Waals surface area contributed by atoms with Crippen LogP contribution in [-0.4, -0.2) is 105 Å². The van der Waals surface area contributed by atoms with Gasteiger partial charge < -0.3 is 24.3 Å². The molecular formula is C39H48N6O11. The van der Waals surface area contributed by atoms with E-state index in [2.05, 4.69) is 15.7 Å². The van der Waals surface area contributed by atoms with Gasteiger partial charge in [0.2, 0.25) is 11.8 Å². The van der Waals surface area contributed by atoms with Crippen LogP contribution in [0.15, 0.2) is 76.2 Å². The van der Waals surface area contributed by atoms with Crippen molar-refractivity contribution in [3.05, 3.63) is 88.2 Å². The Morgan fingerprint density at radius 3 is 2.39 bits per heavy atom. The molecule has 3 heterocycles. The number of carbonyl (C=O) groups is 5. The second kappa shape index (κ2) is 20.7. The summed E-state index contributed by atoms with van der Waals surface area (Å²) in [5.74, 6) is -0.849. The fourth-order valence-electron chi connectivity index (χ4n) is 6.87. The first kappa shape index (κ1) is 42.8. The molecule has 5 atom stereocenters. The standard InChI is InChI=1S/C23H32N2O5.C14H10N4O5.C2H6O/c1-3-30-23(29)18(13-12-16-8-5-4-6-9-16)24-15(2)21(26)25-19-11-7-10-17(19)14-20(25)22(27)28;19-13-8-17(14(20)16-13)15-7-11-5-6-12(23-11)9-1-3-10(4-2-9)18(21)22;1-2-3/h4-6,8-9,15,17-20,24H,3,7,10-14H2,1-2H3,(H,27,28);1-7H,8H2,(H,16,19,20);3H,2H2,1H3/t15-,17-,18-,19-,20-;;/m0../s1. The summed E-state index contributed by atoms with van der Waals surface area (Å²) < 4.78 is 10.7. The maximum Gasteiger partial charge on any atom is 0.344 e. The van der Waals surface area contributed by atoms with E-state index in [1.807, 2.05) is 30.3 Å². The van der Waals surface area contributed by atoms with E-state index in [1.54, 1.807) is 49.9 Å². The summed E-state index contributed by atoms with van der Waals surface area (Å²) in [4.78, 5) is 71.5. The lowest BCUT2D eigenvalue weighted by Gasteiger charge is -2.31. The van der Waals surface area contributed by atoms with Gasteiger partial charge in [-0.3, -0.25) is 35.1 Å². The first-order valence-electron chi connectivity index (χ1n) is 18.5. The third kappa shape index (κ3) is 11.5. The van der Waals surface area contributed by atoms with E-state index in [1.165, 1.54) is 18.3 Å². The average molecular weight is 777 g/mol. The van der Waals surface area contributed by atoms with Crippen LogP contribution in [0.3, 0.4) is 0 Å². The van der Waals surface area contributed by atoms with Crippen LogP contribution >= 0.6 is 0 Å². The van der Waals surface area contributed by atoms with Gasteiger partial charge in [0, 0.05) is 30.3 Å². The van der Waals surface area contributed by atoms with E-state index < -0.39 is 41.0 Å². The monoisotopic (exact) mass is 776 g/mol. The van der Waals surface area contributed by atoms with Crippen LogP contribution < -0.4 is 10.6 Å². The topological polar surface area (TPSA) is 234 Å². The lowest BCUT2D eigenvalue weighted by atomic mass is 10.0. The summed E-state index contributed by atoms with van der Waals surface area (Å²) in [5.41, 5.74) is 1.77. The number of carboxylic acids is 1. The second-order valence-electron chi connectivity index (χ2n) is 13.3. The fourth-order valence-corrected chi connectivity index (χ4v) is 6.87. The van der Waals surface area contributed by atoms with Gasteiger partial charge in [-0.2, -0.15) is 5.10 Å². The third-order valence-corrected chi connectivity index (χ3v) is 9.42. The van der Waals surface area contributed by atoms with Gasteiger partial charge in [-0.05, 0) is 88.6 Å². The molecule has 0 radical (unpaired) electrons. The minimum atomic E-state index is -0.948. The fraction of sp³-hybridized carbons (Fsp3) is 0.436. The van der Waals surface area contributed by atoms with Gasteiger partial charge in [-0.15, -0.1) is 0 Å². The van der Waals surface area contributed by atoms with Crippen LogP contribution in [0.1, 0.15) is 64.2 Å². The van der Waals surface area contributed by atoms with Crippen molar-refractivity contribution >= 4 is 41.7 Å². The Morgan fingerprint density at radius 2 is 1.79 bits per heavy atom. The first-order valence-corrected chi connectivity index (χ1v) is 18.5. The second-order valence-corrected chi connectivity index (χ2v) is 13.3. The van der Waals surface area contributed by atoms with E-state index in [-0.39, 0.29) is 49.3 Å². The Hall–Kier alpha value is -5.94. The maximum absolute atomic E-state index is 13.2. The summed E-state index contributed by atoms with van der Waals surface area (Å²) >= 11 is 0. The lowest BCUT2D eigenvalue weighted by molar-refractivity contribution is -0.384. The van der Waals surface area contributed by atoms with E-state index in [0.717, 1.165) is 29.8 Å². The van der Waals surface area contributed by atoms with E-state index in [9.17, 15) is 39.2 Å². The highest BCUT2D eigenvalue weighted by Crippen LogP contribution is 2.41. The summed E-state index contributed by atoms with van der Waals surface area (Å²) in [6.07, 6.45) is 5.85. The zero-order chi connectivity index (χ0) is 40.8. The number of ether oxygens (including phenoxy) is 1. The number of imide groups is 1. The van der Waals surface area contributed by atoms with Crippen molar-refractivity contribution in [1.82, 2.24) is 20.5 Å². The van der Waals surface area contributed by atoms with Crippen LogP contribution in [0.5, 0.6) is 0 Å². The number of aliphatic hydroxyl groups is 1. The summed E-state index contributed by atoms with van der Waals surface area (Å²) in [6.45, 7) is 5.52. The third-order valence-electron chi connectivity index (χ3n) is 9.42. The number of esters is 1. The van der Waals surface area contributed by atoms with Crippen LogP contribution in [-0.2, 0) is 30.3 Å². The quantitative estimate of drug-likeness (QED) is 0.0631. The number of hydrogen-bond acceptors (Lipinski definition) is 12. The number of rotatable bonds is 13. The summed E-state index contributed by atoms with van der Waals surface area (Å²) in [5, 5.41) is 37.9. The van der Waals surface area contributed by atoms with Crippen molar-refractivity contribution in [2.24, 2.45) is 11.0 Å². The van der Waals surface area contributed by atoms with Crippen LogP contribution in [0.2, 0.25) is 0 Å². The Bertz CT molecular complexity index is 1850. The maximum atomic E-state index is 13.2. The number of nitrogens with one attached hydrogen (secondary N) is 2. The zero-order valence-electron chi connectivity index (χ0n) is 31.5. The summed E-state index contributed by atoms with van der Waals surface area (Å²) in [6, 6.07) is 16.4. The zero-order valence-corrected chi connectivity index (χ0v) is 31.5. The number of hydrogen-bond donors (Lipinski definition) is 4. The van der Waals surface area contributed by atoms with Gasteiger partial charge in [0.1, 0.15) is 30.1 Å². The van der Waals surface area contributed by atoms with Gasteiger partial charge in [0.05, 0.1) is 23.8 Å². The number of benzene rings is 2.